The lowest BCUT2D eigenvalue weighted by atomic mass is 9.72. The molecular weight excluding hydrogens is 376 g/mol. The largest absolute Gasteiger partial charge is 0.381 e. The van der Waals surface area contributed by atoms with Crippen molar-refractivity contribution in [1.29, 1.82) is 5.41 Å². The zero-order valence-corrected chi connectivity index (χ0v) is 17.2. The quantitative estimate of drug-likeness (QED) is 0.550. The molecule has 0 amide bonds. The number of benzene rings is 1. The van der Waals surface area contributed by atoms with Gasteiger partial charge in [-0.3, -0.25) is 4.79 Å². The second-order valence-corrected chi connectivity index (χ2v) is 8.91. The molecule has 0 unspecified atom stereocenters. The average molecular weight is 405 g/mol. The molecule has 1 saturated carbocycles. The van der Waals surface area contributed by atoms with Crippen LogP contribution in [0.5, 0.6) is 0 Å². The number of anilines is 3. The highest BCUT2D eigenvalue weighted by Crippen LogP contribution is 2.45. The van der Waals surface area contributed by atoms with Crippen LogP contribution in [0.15, 0.2) is 36.4 Å². The second kappa shape index (κ2) is 7.84. The number of para-hydroxylation sites is 1. The first-order chi connectivity index (χ1) is 14.7. The Kier molecular flexibility index (Phi) is 5.03. The van der Waals surface area contributed by atoms with E-state index in [0.29, 0.717) is 22.6 Å². The van der Waals surface area contributed by atoms with Crippen LogP contribution in [0.1, 0.15) is 48.2 Å². The van der Waals surface area contributed by atoms with Gasteiger partial charge in [-0.05, 0) is 43.9 Å². The third-order valence-electron chi connectivity index (χ3n) is 6.91. The Morgan fingerprint density at radius 2 is 1.93 bits per heavy atom. The van der Waals surface area contributed by atoms with Gasteiger partial charge in [0.1, 0.15) is 11.5 Å². The number of aldehydes is 1. The molecule has 3 heterocycles. The SMILES string of the molecule is N=C(c1c(N2CC3(CCOCC3)C2)cc(C=O)nc1Nc1ccccc1)C1CCC1. The maximum absolute atomic E-state index is 11.7. The molecule has 0 radical (unpaired) electrons. The molecule has 1 aromatic carbocycles. The third kappa shape index (κ3) is 3.49. The predicted molar refractivity (Wildman–Crippen MR) is 118 cm³/mol. The summed E-state index contributed by atoms with van der Waals surface area (Å²) < 4.78 is 5.56. The number of carbonyl (C=O) groups excluding carboxylic acids is 1. The number of aromatic nitrogens is 1. The molecule has 6 heteroatoms. The minimum atomic E-state index is 0.280. The van der Waals surface area contributed by atoms with Crippen molar-refractivity contribution in [3.05, 3.63) is 47.7 Å². The predicted octanol–water partition coefficient (Wildman–Crippen LogP) is 4.42. The van der Waals surface area contributed by atoms with Crippen molar-refractivity contribution in [2.75, 3.05) is 36.5 Å². The summed E-state index contributed by atoms with van der Waals surface area (Å²) in [6.07, 6.45) is 6.26. The Morgan fingerprint density at radius 1 is 1.20 bits per heavy atom. The number of ether oxygens (including phenoxy) is 1. The summed E-state index contributed by atoms with van der Waals surface area (Å²) in [5, 5.41) is 12.4. The lowest BCUT2D eigenvalue weighted by Gasteiger charge is -2.54. The van der Waals surface area contributed by atoms with Crippen LogP contribution in [-0.4, -0.2) is 43.3 Å². The Bertz CT molecular complexity index is 941. The van der Waals surface area contributed by atoms with E-state index in [9.17, 15) is 4.79 Å². The molecule has 1 aliphatic carbocycles. The summed E-state index contributed by atoms with van der Waals surface area (Å²) in [7, 11) is 0. The van der Waals surface area contributed by atoms with Gasteiger partial charge in [-0.25, -0.2) is 4.98 Å². The van der Waals surface area contributed by atoms with Crippen molar-refractivity contribution in [3.63, 3.8) is 0 Å². The van der Waals surface area contributed by atoms with Crippen molar-refractivity contribution in [3.8, 4) is 0 Å². The molecule has 2 N–H and O–H groups in total. The molecular formula is C24H28N4O2. The molecule has 1 spiro atoms. The molecule has 3 fully saturated rings. The first-order valence-electron chi connectivity index (χ1n) is 10.9. The monoisotopic (exact) mass is 404 g/mol. The molecule has 2 aliphatic heterocycles. The smallest absolute Gasteiger partial charge is 0.168 e. The summed E-state index contributed by atoms with van der Waals surface area (Å²) in [5.74, 6) is 0.896. The Morgan fingerprint density at radius 3 is 2.57 bits per heavy atom. The van der Waals surface area contributed by atoms with Crippen LogP contribution in [0.3, 0.4) is 0 Å². The maximum Gasteiger partial charge on any atom is 0.168 e. The van der Waals surface area contributed by atoms with Crippen molar-refractivity contribution in [2.45, 2.75) is 32.1 Å². The minimum Gasteiger partial charge on any atom is -0.381 e. The van der Waals surface area contributed by atoms with Crippen molar-refractivity contribution in [2.24, 2.45) is 11.3 Å². The van der Waals surface area contributed by atoms with Gasteiger partial charge in [-0.15, -0.1) is 0 Å². The molecule has 5 rings (SSSR count). The van der Waals surface area contributed by atoms with Gasteiger partial charge < -0.3 is 20.4 Å². The van der Waals surface area contributed by atoms with Crippen LogP contribution in [-0.2, 0) is 4.74 Å². The number of hydrogen-bond donors (Lipinski definition) is 2. The highest BCUT2D eigenvalue weighted by Gasteiger charge is 2.45. The lowest BCUT2D eigenvalue weighted by molar-refractivity contribution is -0.000207. The van der Waals surface area contributed by atoms with E-state index < -0.39 is 0 Å². The van der Waals surface area contributed by atoms with Gasteiger partial charge in [-0.2, -0.15) is 0 Å². The van der Waals surface area contributed by atoms with Gasteiger partial charge in [0.05, 0.1) is 11.3 Å². The molecule has 0 atom stereocenters. The van der Waals surface area contributed by atoms with E-state index in [0.717, 1.165) is 75.2 Å². The van der Waals surface area contributed by atoms with Gasteiger partial charge >= 0.3 is 0 Å². The lowest BCUT2D eigenvalue weighted by Crippen LogP contribution is -2.59. The van der Waals surface area contributed by atoms with Gasteiger partial charge in [0.2, 0.25) is 0 Å². The van der Waals surface area contributed by atoms with Crippen LogP contribution in [0.25, 0.3) is 0 Å². The number of nitrogens with one attached hydrogen (secondary N) is 2. The summed E-state index contributed by atoms with van der Waals surface area (Å²) in [5.41, 5.74) is 4.10. The highest BCUT2D eigenvalue weighted by atomic mass is 16.5. The molecule has 30 heavy (non-hydrogen) atoms. The standard InChI is InChI=1S/C24H28N4O2/c25-22(17-5-4-6-17)21-20(28-15-24(16-28)9-11-30-12-10-24)13-19(14-29)27-23(21)26-18-7-2-1-3-8-18/h1-3,7-8,13-14,17,25H,4-6,9-12,15-16H2,(H,26,27). The van der Waals surface area contributed by atoms with E-state index in [-0.39, 0.29) is 5.92 Å². The van der Waals surface area contributed by atoms with Crippen LogP contribution in [0.4, 0.5) is 17.2 Å². The zero-order chi connectivity index (χ0) is 20.6. The van der Waals surface area contributed by atoms with Crippen LogP contribution in [0.2, 0.25) is 0 Å². The summed E-state index contributed by atoms with van der Waals surface area (Å²) >= 11 is 0. The summed E-state index contributed by atoms with van der Waals surface area (Å²) in [4.78, 5) is 18.6. The molecule has 0 bridgehead atoms. The summed E-state index contributed by atoms with van der Waals surface area (Å²) in [6, 6.07) is 11.7. The molecule has 156 valence electrons. The number of rotatable bonds is 6. The fraction of sp³-hybridized carbons (Fsp3) is 0.458. The third-order valence-corrected chi connectivity index (χ3v) is 6.91. The molecule has 2 saturated heterocycles. The van der Waals surface area contributed by atoms with Crippen molar-refractivity contribution < 1.29 is 9.53 Å². The highest BCUT2D eigenvalue weighted by molar-refractivity contribution is 6.10. The van der Waals surface area contributed by atoms with Crippen LogP contribution in [0, 0.1) is 16.7 Å². The minimum absolute atomic E-state index is 0.280. The first-order valence-corrected chi connectivity index (χ1v) is 10.9. The summed E-state index contributed by atoms with van der Waals surface area (Å²) in [6.45, 7) is 3.56. The topological polar surface area (TPSA) is 78.3 Å². The number of carbonyl (C=O) groups is 1. The van der Waals surface area contributed by atoms with Gasteiger partial charge in [0.25, 0.3) is 0 Å². The van der Waals surface area contributed by atoms with Gasteiger partial charge in [0.15, 0.2) is 6.29 Å². The average Bonchev–Trinajstić information content (AvgIpc) is 2.71. The molecule has 2 aromatic rings. The maximum atomic E-state index is 11.7. The fourth-order valence-electron chi connectivity index (χ4n) is 4.83. The molecule has 6 nitrogen and oxygen atoms in total. The second-order valence-electron chi connectivity index (χ2n) is 8.91. The Balaban J connectivity index is 1.53. The van der Waals surface area contributed by atoms with Crippen molar-refractivity contribution >= 4 is 29.2 Å². The van der Waals surface area contributed by atoms with E-state index in [1.54, 1.807) is 0 Å². The van der Waals surface area contributed by atoms with Crippen molar-refractivity contribution in [1.82, 2.24) is 4.98 Å². The molecule has 3 aliphatic rings. The molecule has 1 aromatic heterocycles. The van der Waals surface area contributed by atoms with Crippen LogP contribution < -0.4 is 10.2 Å². The van der Waals surface area contributed by atoms with E-state index in [4.69, 9.17) is 10.1 Å². The fourth-order valence-corrected chi connectivity index (χ4v) is 4.83. The van der Waals surface area contributed by atoms with E-state index >= 15 is 0 Å². The van der Waals surface area contributed by atoms with Gasteiger partial charge in [0, 0.05) is 49.0 Å². The van der Waals surface area contributed by atoms with E-state index in [1.165, 1.54) is 6.42 Å². The Labute approximate surface area is 177 Å². The van der Waals surface area contributed by atoms with E-state index in [1.807, 2.05) is 36.4 Å². The zero-order valence-electron chi connectivity index (χ0n) is 17.2. The normalized spacial score (nSPS) is 20.3. The van der Waals surface area contributed by atoms with Crippen LogP contribution >= 0.6 is 0 Å². The number of nitrogens with zero attached hydrogens (tertiary/aromatic N) is 2. The first kappa shape index (κ1) is 19.2. The van der Waals surface area contributed by atoms with E-state index in [2.05, 4.69) is 15.2 Å². The van der Waals surface area contributed by atoms with Gasteiger partial charge in [-0.1, -0.05) is 24.6 Å². The number of pyridine rings is 1. The Hall–Kier alpha value is -2.73. The number of hydrogen-bond acceptors (Lipinski definition) is 6.